The number of rotatable bonds is 6. The second-order valence-electron chi connectivity index (χ2n) is 6.01. The molecule has 24 heavy (non-hydrogen) atoms. The second-order valence-corrected chi connectivity index (χ2v) is 6.01. The summed E-state index contributed by atoms with van der Waals surface area (Å²) in [5, 5.41) is 7.77. The van der Waals surface area contributed by atoms with Gasteiger partial charge >= 0.3 is 0 Å². The van der Waals surface area contributed by atoms with Crippen molar-refractivity contribution in [3.8, 4) is 0 Å². The molecule has 0 bridgehead atoms. The number of ether oxygens (including phenoxy) is 1. The summed E-state index contributed by atoms with van der Waals surface area (Å²) in [5.74, 6) is -0.225. The second kappa shape index (κ2) is 7.93. The van der Waals surface area contributed by atoms with Crippen LogP contribution in [0.3, 0.4) is 0 Å². The van der Waals surface area contributed by atoms with Gasteiger partial charge in [0.1, 0.15) is 0 Å². The molecule has 0 saturated carbocycles. The number of carbonyl (C=O) groups excluding carboxylic acids is 2. The summed E-state index contributed by atoms with van der Waals surface area (Å²) in [6.45, 7) is 1.66. The molecule has 0 unspecified atom stereocenters. The third kappa shape index (κ3) is 4.32. The Morgan fingerprint density at radius 1 is 1.08 bits per heavy atom. The SMILES string of the molecule is O=C(CCNC(=O)c1ccc2ccccc2c1)NC[C@H]1CCCO1. The van der Waals surface area contributed by atoms with Gasteiger partial charge in [0.25, 0.3) is 5.91 Å². The van der Waals surface area contributed by atoms with Crippen molar-refractivity contribution in [2.24, 2.45) is 0 Å². The molecule has 5 heteroatoms. The highest BCUT2D eigenvalue weighted by Crippen LogP contribution is 2.15. The number of amides is 2. The molecule has 1 fully saturated rings. The lowest BCUT2D eigenvalue weighted by Gasteiger charge is -2.11. The van der Waals surface area contributed by atoms with Crippen molar-refractivity contribution in [2.75, 3.05) is 19.7 Å². The van der Waals surface area contributed by atoms with E-state index in [-0.39, 0.29) is 24.3 Å². The number of benzene rings is 2. The van der Waals surface area contributed by atoms with E-state index in [9.17, 15) is 9.59 Å². The predicted octanol–water partition coefficient (Wildman–Crippen LogP) is 2.25. The van der Waals surface area contributed by atoms with Crippen LogP contribution in [-0.4, -0.2) is 37.6 Å². The van der Waals surface area contributed by atoms with E-state index in [0.717, 1.165) is 30.2 Å². The molecule has 1 aliphatic heterocycles. The average molecular weight is 326 g/mol. The van der Waals surface area contributed by atoms with E-state index in [0.29, 0.717) is 18.7 Å². The van der Waals surface area contributed by atoms with Gasteiger partial charge in [-0.2, -0.15) is 0 Å². The summed E-state index contributed by atoms with van der Waals surface area (Å²) in [7, 11) is 0. The standard InChI is InChI=1S/C19H22N2O3/c22-18(21-13-17-6-3-11-24-17)9-10-20-19(23)16-8-7-14-4-1-2-5-15(14)12-16/h1-2,4-5,7-8,12,17H,3,6,9-11,13H2,(H,20,23)(H,21,22)/t17-/m1/s1. The summed E-state index contributed by atoms with van der Waals surface area (Å²) in [6.07, 6.45) is 2.47. The van der Waals surface area contributed by atoms with Gasteiger partial charge in [-0.05, 0) is 35.7 Å². The van der Waals surface area contributed by atoms with Gasteiger partial charge in [0.2, 0.25) is 5.91 Å². The molecule has 3 rings (SSSR count). The van der Waals surface area contributed by atoms with Gasteiger partial charge in [0.15, 0.2) is 0 Å². The average Bonchev–Trinajstić information content (AvgIpc) is 3.13. The zero-order valence-electron chi connectivity index (χ0n) is 13.6. The minimum absolute atomic E-state index is 0.0655. The first-order chi connectivity index (χ1) is 11.7. The van der Waals surface area contributed by atoms with Crippen LogP contribution in [0.2, 0.25) is 0 Å². The molecule has 2 N–H and O–H groups in total. The van der Waals surface area contributed by atoms with Crippen LogP contribution >= 0.6 is 0 Å². The first-order valence-corrected chi connectivity index (χ1v) is 8.38. The lowest BCUT2D eigenvalue weighted by molar-refractivity contribution is -0.121. The molecule has 1 aliphatic rings. The van der Waals surface area contributed by atoms with Gasteiger partial charge in [0, 0.05) is 31.7 Å². The van der Waals surface area contributed by atoms with E-state index >= 15 is 0 Å². The van der Waals surface area contributed by atoms with E-state index in [2.05, 4.69) is 10.6 Å². The van der Waals surface area contributed by atoms with Crippen LogP contribution in [0.25, 0.3) is 10.8 Å². The van der Waals surface area contributed by atoms with Gasteiger partial charge in [-0.15, -0.1) is 0 Å². The van der Waals surface area contributed by atoms with E-state index in [1.807, 2.05) is 36.4 Å². The van der Waals surface area contributed by atoms with E-state index in [1.165, 1.54) is 0 Å². The number of fused-ring (bicyclic) bond motifs is 1. The fourth-order valence-corrected chi connectivity index (χ4v) is 2.84. The third-order valence-corrected chi connectivity index (χ3v) is 4.20. The van der Waals surface area contributed by atoms with E-state index in [1.54, 1.807) is 6.07 Å². The van der Waals surface area contributed by atoms with Crippen molar-refractivity contribution in [1.29, 1.82) is 0 Å². The van der Waals surface area contributed by atoms with Crippen molar-refractivity contribution in [1.82, 2.24) is 10.6 Å². The Labute approximate surface area is 141 Å². The quantitative estimate of drug-likeness (QED) is 0.855. The summed E-state index contributed by atoms with van der Waals surface area (Å²) < 4.78 is 5.45. The van der Waals surface area contributed by atoms with Gasteiger partial charge in [-0.1, -0.05) is 30.3 Å². The Bertz CT molecular complexity index is 723. The topological polar surface area (TPSA) is 67.4 Å². The molecular formula is C19H22N2O3. The Balaban J connectivity index is 1.43. The van der Waals surface area contributed by atoms with Crippen LogP contribution in [0.15, 0.2) is 42.5 Å². The lowest BCUT2D eigenvalue weighted by Crippen LogP contribution is -2.34. The fourth-order valence-electron chi connectivity index (χ4n) is 2.84. The smallest absolute Gasteiger partial charge is 0.251 e. The normalized spacial score (nSPS) is 16.9. The number of hydrogen-bond acceptors (Lipinski definition) is 3. The van der Waals surface area contributed by atoms with Crippen LogP contribution in [0.1, 0.15) is 29.6 Å². The highest BCUT2D eigenvalue weighted by molar-refractivity contribution is 5.98. The van der Waals surface area contributed by atoms with Crippen LogP contribution < -0.4 is 10.6 Å². The van der Waals surface area contributed by atoms with Crippen molar-refractivity contribution >= 4 is 22.6 Å². The zero-order valence-corrected chi connectivity index (χ0v) is 13.6. The maximum absolute atomic E-state index is 12.2. The van der Waals surface area contributed by atoms with Crippen molar-refractivity contribution in [2.45, 2.75) is 25.4 Å². The van der Waals surface area contributed by atoms with Crippen molar-refractivity contribution in [3.63, 3.8) is 0 Å². The minimum Gasteiger partial charge on any atom is -0.376 e. The first-order valence-electron chi connectivity index (χ1n) is 8.38. The van der Waals surface area contributed by atoms with Gasteiger partial charge in [-0.3, -0.25) is 9.59 Å². The van der Waals surface area contributed by atoms with Gasteiger partial charge in [-0.25, -0.2) is 0 Å². The molecule has 1 atom stereocenters. The van der Waals surface area contributed by atoms with Crippen LogP contribution in [0.5, 0.6) is 0 Å². The van der Waals surface area contributed by atoms with Crippen LogP contribution in [0.4, 0.5) is 0 Å². The van der Waals surface area contributed by atoms with Crippen LogP contribution in [0, 0.1) is 0 Å². The Morgan fingerprint density at radius 3 is 2.71 bits per heavy atom. The Kier molecular flexibility index (Phi) is 5.43. The Hall–Kier alpha value is -2.40. The molecule has 0 aromatic heterocycles. The number of nitrogens with one attached hydrogen (secondary N) is 2. The van der Waals surface area contributed by atoms with Crippen molar-refractivity contribution in [3.05, 3.63) is 48.0 Å². The first kappa shape index (κ1) is 16.5. The molecule has 1 heterocycles. The molecular weight excluding hydrogens is 304 g/mol. The highest BCUT2D eigenvalue weighted by Gasteiger charge is 2.16. The molecule has 2 amide bonds. The highest BCUT2D eigenvalue weighted by atomic mass is 16.5. The van der Waals surface area contributed by atoms with Crippen LogP contribution in [-0.2, 0) is 9.53 Å². The largest absolute Gasteiger partial charge is 0.376 e. The molecule has 0 radical (unpaired) electrons. The fraction of sp³-hybridized carbons (Fsp3) is 0.368. The molecule has 1 saturated heterocycles. The molecule has 2 aromatic rings. The summed E-state index contributed by atoms with van der Waals surface area (Å²) in [5.41, 5.74) is 0.605. The molecule has 0 aliphatic carbocycles. The van der Waals surface area contributed by atoms with Crippen molar-refractivity contribution < 1.29 is 14.3 Å². The summed E-state index contributed by atoms with van der Waals surface area (Å²) in [4.78, 5) is 23.9. The molecule has 2 aromatic carbocycles. The van der Waals surface area contributed by atoms with Gasteiger partial charge in [0.05, 0.1) is 6.10 Å². The van der Waals surface area contributed by atoms with E-state index < -0.39 is 0 Å². The minimum atomic E-state index is -0.160. The monoisotopic (exact) mass is 326 g/mol. The maximum atomic E-state index is 12.2. The molecule has 0 spiro atoms. The summed E-state index contributed by atoms with van der Waals surface area (Å²) >= 11 is 0. The number of carbonyl (C=O) groups is 2. The van der Waals surface area contributed by atoms with E-state index in [4.69, 9.17) is 4.74 Å². The molecule has 126 valence electrons. The third-order valence-electron chi connectivity index (χ3n) is 4.20. The summed E-state index contributed by atoms with van der Waals surface area (Å²) in [6, 6.07) is 13.5. The molecule has 5 nitrogen and oxygen atoms in total. The number of hydrogen-bond donors (Lipinski definition) is 2. The predicted molar refractivity (Wildman–Crippen MR) is 92.9 cm³/mol. The lowest BCUT2D eigenvalue weighted by atomic mass is 10.1. The zero-order chi connectivity index (χ0) is 16.8. The Morgan fingerprint density at radius 2 is 1.92 bits per heavy atom. The maximum Gasteiger partial charge on any atom is 0.251 e. The van der Waals surface area contributed by atoms with Gasteiger partial charge < -0.3 is 15.4 Å².